The molecule has 2 aromatic carbocycles. The molecule has 1 heterocycles. The van der Waals surface area contributed by atoms with Crippen molar-refractivity contribution in [2.24, 2.45) is 5.73 Å². The van der Waals surface area contributed by atoms with Crippen LogP contribution in [-0.2, 0) is 28.2 Å². The third-order valence-corrected chi connectivity index (χ3v) is 4.89. The van der Waals surface area contributed by atoms with Crippen LogP contribution < -0.4 is 11.1 Å². The Hall–Kier alpha value is -2.37. The zero-order valence-electron chi connectivity index (χ0n) is 15.5. The maximum Gasteiger partial charge on any atom is 0.244 e. The van der Waals surface area contributed by atoms with E-state index in [9.17, 15) is 9.59 Å². The average molecular weight is 388 g/mol. The summed E-state index contributed by atoms with van der Waals surface area (Å²) in [5, 5.41) is 2.85. The Morgan fingerprint density at radius 1 is 1.04 bits per heavy atom. The SMILES string of the molecule is CC(N)(C(=O)NCCCC(=O)N1Cc2ccccc2C1)c1ccccc1.Cl. The molecule has 2 aromatic rings. The molecule has 2 amide bonds. The fraction of sp³-hybridized carbons (Fsp3) is 0.333. The lowest BCUT2D eigenvalue weighted by atomic mass is 9.92. The number of amides is 2. The van der Waals surface area contributed by atoms with Crippen molar-refractivity contribution in [3.8, 4) is 0 Å². The molecule has 1 aliphatic rings. The quantitative estimate of drug-likeness (QED) is 0.748. The summed E-state index contributed by atoms with van der Waals surface area (Å²) in [7, 11) is 0. The molecular weight excluding hydrogens is 362 g/mol. The number of carbonyl (C=O) groups is 2. The maximum atomic E-state index is 12.4. The van der Waals surface area contributed by atoms with Gasteiger partial charge in [-0.2, -0.15) is 0 Å². The van der Waals surface area contributed by atoms with Gasteiger partial charge in [0.2, 0.25) is 11.8 Å². The summed E-state index contributed by atoms with van der Waals surface area (Å²) in [6, 6.07) is 17.4. The van der Waals surface area contributed by atoms with Crippen LogP contribution in [0.2, 0.25) is 0 Å². The first-order valence-electron chi connectivity index (χ1n) is 8.96. The summed E-state index contributed by atoms with van der Waals surface area (Å²) >= 11 is 0. The molecule has 0 radical (unpaired) electrons. The first kappa shape index (κ1) is 20.9. The van der Waals surface area contributed by atoms with Crippen molar-refractivity contribution in [1.82, 2.24) is 10.2 Å². The van der Waals surface area contributed by atoms with Crippen LogP contribution in [0.3, 0.4) is 0 Å². The molecule has 0 aliphatic carbocycles. The molecule has 0 saturated heterocycles. The number of benzene rings is 2. The van der Waals surface area contributed by atoms with Crippen LogP contribution in [0.4, 0.5) is 0 Å². The summed E-state index contributed by atoms with van der Waals surface area (Å²) in [4.78, 5) is 26.6. The highest BCUT2D eigenvalue weighted by Crippen LogP contribution is 2.23. The zero-order valence-corrected chi connectivity index (χ0v) is 16.3. The lowest BCUT2D eigenvalue weighted by molar-refractivity contribution is -0.132. The highest BCUT2D eigenvalue weighted by molar-refractivity contribution is 5.87. The van der Waals surface area contributed by atoms with Crippen LogP contribution in [0.1, 0.15) is 36.5 Å². The van der Waals surface area contributed by atoms with E-state index >= 15 is 0 Å². The minimum absolute atomic E-state index is 0. The normalized spacial score (nSPS) is 14.7. The van der Waals surface area contributed by atoms with E-state index in [0.29, 0.717) is 32.5 Å². The van der Waals surface area contributed by atoms with Crippen molar-refractivity contribution in [2.75, 3.05) is 6.54 Å². The highest BCUT2D eigenvalue weighted by atomic mass is 35.5. The number of hydrogen-bond acceptors (Lipinski definition) is 3. The van der Waals surface area contributed by atoms with Crippen LogP contribution in [-0.4, -0.2) is 23.3 Å². The van der Waals surface area contributed by atoms with Crippen LogP contribution in [0.5, 0.6) is 0 Å². The average Bonchev–Trinajstić information content (AvgIpc) is 3.10. The monoisotopic (exact) mass is 387 g/mol. The molecule has 0 fully saturated rings. The Morgan fingerprint density at radius 2 is 1.59 bits per heavy atom. The van der Waals surface area contributed by atoms with E-state index in [4.69, 9.17) is 5.73 Å². The summed E-state index contributed by atoms with van der Waals surface area (Å²) in [6.07, 6.45) is 1.02. The second-order valence-corrected chi connectivity index (χ2v) is 6.95. The molecule has 1 unspecified atom stereocenters. The molecule has 0 bridgehead atoms. The van der Waals surface area contributed by atoms with Gasteiger partial charge in [0, 0.05) is 26.1 Å². The predicted molar refractivity (Wildman–Crippen MR) is 108 cm³/mol. The molecule has 1 aliphatic heterocycles. The van der Waals surface area contributed by atoms with Gasteiger partial charge in [0.1, 0.15) is 5.54 Å². The fourth-order valence-corrected chi connectivity index (χ4v) is 3.21. The first-order valence-corrected chi connectivity index (χ1v) is 8.96. The molecule has 0 spiro atoms. The Labute approximate surface area is 166 Å². The third kappa shape index (κ3) is 4.87. The number of rotatable bonds is 6. The van der Waals surface area contributed by atoms with Crippen molar-refractivity contribution >= 4 is 24.2 Å². The lowest BCUT2D eigenvalue weighted by Crippen LogP contribution is -2.49. The zero-order chi connectivity index (χ0) is 18.6. The van der Waals surface area contributed by atoms with Gasteiger partial charge in [-0.05, 0) is 30.0 Å². The van der Waals surface area contributed by atoms with Crippen molar-refractivity contribution in [3.63, 3.8) is 0 Å². The molecule has 3 N–H and O–H groups in total. The van der Waals surface area contributed by atoms with Gasteiger partial charge in [-0.1, -0.05) is 54.6 Å². The highest BCUT2D eigenvalue weighted by Gasteiger charge is 2.30. The fourth-order valence-electron chi connectivity index (χ4n) is 3.21. The van der Waals surface area contributed by atoms with Gasteiger partial charge >= 0.3 is 0 Å². The Balaban J connectivity index is 0.00000261. The van der Waals surface area contributed by atoms with Gasteiger partial charge in [-0.15, -0.1) is 12.4 Å². The maximum absolute atomic E-state index is 12.4. The second kappa shape index (κ2) is 9.02. The lowest BCUT2D eigenvalue weighted by Gasteiger charge is -2.24. The molecule has 0 aromatic heterocycles. The van der Waals surface area contributed by atoms with Crippen molar-refractivity contribution in [1.29, 1.82) is 0 Å². The molecule has 144 valence electrons. The minimum atomic E-state index is -1.08. The van der Waals surface area contributed by atoms with E-state index in [2.05, 4.69) is 17.4 Å². The van der Waals surface area contributed by atoms with Gasteiger partial charge in [-0.3, -0.25) is 9.59 Å². The smallest absolute Gasteiger partial charge is 0.244 e. The number of hydrogen-bond donors (Lipinski definition) is 2. The first-order chi connectivity index (χ1) is 12.5. The summed E-state index contributed by atoms with van der Waals surface area (Å²) in [6.45, 7) is 3.49. The Bertz CT molecular complexity index is 768. The molecule has 3 rings (SSSR count). The number of nitrogens with zero attached hydrogens (tertiary/aromatic N) is 1. The summed E-state index contributed by atoms with van der Waals surface area (Å²) < 4.78 is 0. The van der Waals surface area contributed by atoms with E-state index in [1.165, 1.54) is 11.1 Å². The van der Waals surface area contributed by atoms with Gasteiger partial charge in [0.25, 0.3) is 0 Å². The Morgan fingerprint density at radius 3 is 2.19 bits per heavy atom. The van der Waals surface area contributed by atoms with Crippen molar-refractivity contribution in [2.45, 2.75) is 38.4 Å². The van der Waals surface area contributed by atoms with E-state index < -0.39 is 5.54 Å². The summed E-state index contributed by atoms with van der Waals surface area (Å²) in [5.41, 5.74) is 8.31. The van der Waals surface area contributed by atoms with Gasteiger partial charge < -0.3 is 16.0 Å². The van der Waals surface area contributed by atoms with Crippen LogP contribution in [0.25, 0.3) is 0 Å². The molecule has 27 heavy (non-hydrogen) atoms. The van der Waals surface area contributed by atoms with Gasteiger partial charge in [-0.25, -0.2) is 0 Å². The Kier molecular flexibility index (Phi) is 6.99. The van der Waals surface area contributed by atoms with E-state index in [0.717, 1.165) is 5.56 Å². The van der Waals surface area contributed by atoms with E-state index in [1.54, 1.807) is 6.92 Å². The van der Waals surface area contributed by atoms with Gasteiger partial charge in [0.15, 0.2) is 0 Å². The van der Waals surface area contributed by atoms with Crippen LogP contribution >= 0.6 is 12.4 Å². The number of nitrogens with two attached hydrogens (primary N) is 1. The van der Waals surface area contributed by atoms with Crippen LogP contribution in [0, 0.1) is 0 Å². The van der Waals surface area contributed by atoms with Crippen molar-refractivity contribution < 1.29 is 9.59 Å². The minimum Gasteiger partial charge on any atom is -0.354 e. The number of nitrogens with one attached hydrogen (secondary N) is 1. The molecule has 0 saturated carbocycles. The number of fused-ring (bicyclic) bond motifs is 1. The van der Waals surface area contributed by atoms with Gasteiger partial charge in [0.05, 0.1) is 0 Å². The predicted octanol–water partition coefficient (Wildman–Crippen LogP) is 2.72. The largest absolute Gasteiger partial charge is 0.354 e. The number of halogens is 1. The standard InChI is InChI=1S/C21H25N3O2.ClH/c1-21(22,18-10-3-2-4-11-18)20(26)23-13-7-12-19(25)24-14-16-8-5-6-9-17(16)15-24;/h2-6,8-11H,7,12-15,22H2,1H3,(H,23,26);1H. The second-order valence-electron chi connectivity index (χ2n) is 6.95. The number of carbonyl (C=O) groups excluding carboxylic acids is 2. The molecular formula is C21H26ClN3O2. The van der Waals surface area contributed by atoms with E-state index in [1.807, 2.05) is 47.4 Å². The van der Waals surface area contributed by atoms with Crippen molar-refractivity contribution in [3.05, 3.63) is 71.3 Å². The van der Waals surface area contributed by atoms with Crippen LogP contribution in [0.15, 0.2) is 54.6 Å². The molecule has 1 atom stereocenters. The third-order valence-electron chi connectivity index (χ3n) is 4.89. The molecule has 5 nitrogen and oxygen atoms in total. The van der Waals surface area contributed by atoms with E-state index in [-0.39, 0.29) is 24.2 Å². The molecule has 6 heteroatoms. The summed E-state index contributed by atoms with van der Waals surface area (Å²) in [5.74, 6) is -0.112. The topological polar surface area (TPSA) is 75.4 Å².